The fourth-order valence-corrected chi connectivity index (χ4v) is 5.31. The van der Waals surface area contributed by atoms with Crippen LogP contribution in [0.4, 0.5) is 5.69 Å². The number of ether oxygens (including phenoxy) is 3. The van der Waals surface area contributed by atoms with E-state index in [4.69, 9.17) is 18.6 Å². The Hall–Kier alpha value is -3.13. The van der Waals surface area contributed by atoms with Gasteiger partial charge in [0.1, 0.15) is 11.5 Å². The van der Waals surface area contributed by atoms with Gasteiger partial charge in [0.25, 0.3) is 5.22 Å². The summed E-state index contributed by atoms with van der Waals surface area (Å²) in [5.41, 5.74) is 0.967. The second kappa shape index (κ2) is 11.1. The van der Waals surface area contributed by atoms with Crippen molar-refractivity contribution in [1.29, 1.82) is 0 Å². The van der Waals surface area contributed by atoms with Gasteiger partial charge in [-0.2, -0.15) is 4.31 Å². The largest absolute Gasteiger partial charge is 0.497 e. The number of rotatable bonds is 9. The number of aromatic nitrogens is 2. The minimum absolute atomic E-state index is 0.0339. The van der Waals surface area contributed by atoms with E-state index in [1.165, 1.54) is 29.6 Å². The van der Waals surface area contributed by atoms with Crippen molar-refractivity contribution in [3.63, 3.8) is 0 Å². The quantitative estimate of drug-likeness (QED) is 0.420. The molecular formula is C22H24N4O7S2. The summed E-state index contributed by atoms with van der Waals surface area (Å²) in [6.45, 7) is 1.23. The maximum absolute atomic E-state index is 13.0. The van der Waals surface area contributed by atoms with Crippen molar-refractivity contribution in [3.05, 3.63) is 42.5 Å². The van der Waals surface area contributed by atoms with E-state index in [0.717, 1.165) is 17.3 Å². The fraction of sp³-hybridized carbons (Fsp3) is 0.318. The molecular weight excluding hydrogens is 496 g/mol. The molecule has 2 heterocycles. The predicted molar refractivity (Wildman–Crippen MR) is 128 cm³/mol. The summed E-state index contributed by atoms with van der Waals surface area (Å²) >= 11 is 1.06. The monoisotopic (exact) mass is 520 g/mol. The summed E-state index contributed by atoms with van der Waals surface area (Å²) < 4.78 is 48.6. The average molecular weight is 521 g/mol. The Balaban J connectivity index is 1.41. The van der Waals surface area contributed by atoms with Gasteiger partial charge >= 0.3 is 0 Å². The minimum atomic E-state index is -3.73. The van der Waals surface area contributed by atoms with E-state index < -0.39 is 15.9 Å². The number of nitrogens with zero attached hydrogens (tertiary/aromatic N) is 3. The summed E-state index contributed by atoms with van der Waals surface area (Å²) in [4.78, 5) is 12.7. The van der Waals surface area contributed by atoms with Crippen LogP contribution in [0.1, 0.15) is 0 Å². The number of morpholine rings is 1. The zero-order chi connectivity index (χ0) is 24.8. The molecule has 0 bridgehead atoms. The SMILES string of the molecule is COc1ccc(-c2nnc(SCC(=O)Nc3cc(S(=O)(=O)N4CCOCC4)ccc3OC)o2)cc1. The molecule has 1 aliphatic rings. The average Bonchev–Trinajstić information content (AvgIpc) is 3.37. The topological polar surface area (TPSA) is 133 Å². The Morgan fingerprint density at radius 3 is 2.51 bits per heavy atom. The normalized spacial score (nSPS) is 14.5. The smallest absolute Gasteiger partial charge is 0.277 e. The van der Waals surface area contributed by atoms with Gasteiger partial charge in [-0.25, -0.2) is 8.42 Å². The van der Waals surface area contributed by atoms with Crippen LogP contribution in [-0.2, 0) is 19.6 Å². The second-order valence-corrected chi connectivity index (χ2v) is 10.2. The van der Waals surface area contributed by atoms with Gasteiger partial charge in [0.2, 0.25) is 21.8 Å². The molecule has 0 atom stereocenters. The summed E-state index contributed by atoms with van der Waals surface area (Å²) in [6, 6.07) is 11.5. The van der Waals surface area contributed by atoms with Crippen LogP contribution in [0.3, 0.4) is 0 Å². The first-order chi connectivity index (χ1) is 16.9. The van der Waals surface area contributed by atoms with Crippen molar-refractivity contribution in [2.75, 3.05) is 51.6 Å². The Labute approximate surface area is 206 Å². The molecule has 11 nitrogen and oxygen atoms in total. The zero-order valence-corrected chi connectivity index (χ0v) is 20.7. The van der Waals surface area contributed by atoms with Gasteiger partial charge in [-0.15, -0.1) is 10.2 Å². The summed E-state index contributed by atoms with van der Waals surface area (Å²) in [7, 11) is -0.709. The van der Waals surface area contributed by atoms with Crippen LogP contribution < -0.4 is 14.8 Å². The number of sulfonamides is 1. The van der Waals surface area contributed by atoms with Crippen molar-refractivity contribution < 1.29 is 31.8 Å². The van der Waals surface area contributed by atoms with E-state index in [2.05, 4.69) is 15.5 Å². The molecule has 2 aromatic carbocycles. The number of methoxy groups -OCH3 is 2. The highest BCUT2D eigenvalue weighted by Gasteiger charge is 2.27. The highest BCUT2D eigenvalue weighted by molar-refractivity contribution is 7.99. The van der Waals surface area contributed by atoms with Gasteiger partial charge in [0, 0.05) is 18.7 Å². The van der Waals surface area contributed by atoms with Crippen LogP contribution >= 0.6 is 11.8 Å². The molecule has 0 saturated carbocycles. The van der Waals surface area contributed by atoms with Crippen LogP contribution in [0, 0.1) is 0 Å². The van der Waals surface area contributed by atoms with Crippen LogP contribution in [0.25, 0.3) is 11.5 Å². The lowest BCUT2D eigenvalue weighted by Gasteiger charge is -2.26. The molecule has 0 aliphatic carbocycles. The molecule has 1 N–H and O–H groups in total. The standard InChI is InChI=1S/C22H24N4O7S2/c1-30-16-5-3-15(4-6-16)21-24-25-22(33-21)34-14-20(27)23-18-13-17(7-8-19(18)31-2)35(28,29)26-9-11-32-12-10-26/h3-8,13H,9-12,14H2,1-2H3,(H,23,27). The number of amides is 1. The van der Waals surface area contributed by atoms with Crippen LogP contribution in [0.15, 0.2) is 57.0 Å². The molecule has 3 aromatic rings. The van der Waals surface area contributed by atoms with E-state index >= 15 is 0 Å². The third-order valence-electron chi connectivity index (χ3n) is 5.12. The Morgan fingerprint density at radius 1 is 1.09 bits per heavy atom. The molecule has 0 unspecified atom stereocenters. The van der Waals surface area contributed by atoms with E-state index in [-0.39, 0.29) is 34.6 Å². The first-order valence-electron chi connectivity index (χ1n) is 10.6. The van der Waals surface area contributed by atoms with Crippen molar-refractivity contribution in [2.45, 2.75) is 10.1 Å². The van der Waals surface area contributed by atoms with Crippen LogP contribution in [0.2, 0.25) is 0 Å². The number of hydrogen-bond donors (Lipinski definition) is 1. The lowest BCUT2D eigenvalue weighted by atomic mass is 10.2. The second-order valence-electron chi connectivity index (χ2n) is 7.32. The minimum Gasteiger partial charge on any atom is -0.497 e. The molecule has 1 aromatic heterocycles. The number of hydrogen-bond acceptors (Lipinski definition) is 10. The van der Waals surface area contributed by atoms with E-state index in [1.54, 1.807) is 31.4 Å². The van der Waals surface area contributed by atoms with Crippen molar-refractivity contribution >= 4 is 33.4 Å². The molecule has 1 saturated heterocycles. The highest BCUT2D eigenvalue weighted by Crippen LogP contribution is 2.30. The molecule has 1 fully saturated rings. The summed E-state index contributed by atoms with van der Waals surface area (Å²) in [5.74, 6) is 0.936. The summed E-state index contributed by atoms with van der Waals surface area (Å²) in [6.07, 6.45) is 0. The van der Waals surface area contributed by atoms with Crippen LogP contribution in [-0.4, -0.2) is 75.1 Å². The molecule has 0 spiro atoms. The molecule has 0 radical (unpaired) electrons. The number of thioether (sulfide) groups is 1. The van der Waals surface area contributed by atoms with E-state index in [1.807, 2.05) is 0 Å². The number of carbonyl (C=O) groups is 1. The first kappa shape index (κ1) is 25.0. The van der Waals surface area contributed by atoms with Gasteiger partial charge in [0.05, 0.1) is 43.8 Å². The predicted octanol–water partition coefficient (Wildman–Crippen LogP) is 2.51. The number of benzene rings is 2. The lowest BCUT2D eigenvalue weighted by Crippen LogP contribution is -2.40. The number of carbonyl (C=O) groups excluding carboxylic acids is 1. The molecule has 4 rings (SSSR count). The van der Waals surface area contributed by atoms with E-state index in [0.29, 0.717) is 30.6 Å². The van der Waals surface area contributed by atoms with Crippen molar-refractivity contribution in [1.82, 2.24) is 14.5 Å². The van der Waals surface area contributed by atoms with Gasteiger partial charge < -0.3 is 23.9 Å². The summed E-state index contributed by atoms with van der Waals surface area (Å²) in [5, 5.41) is 10.9. The van der Waals surface area contributed by atoms with Gasteiger partial charge in [-0.1, -0.05) is 11.8 Å². The third-order valence-corrected chi connectivity index (χ3v) is 7.84. The Kier molecular flexibility index (Phi) is 7.90. The maximum Gasteiger partial charge on any atom is 0.277 e. The van der Waals surface area contributed by atoms with Gasteiger partial charge in [0.15, 0.2) is 0 Å². The van der Waals surface area contributed by atoms with Crippen molar-refractivity contribution in [2.24, 2.45) is 0 Å². The molecule has 1 amide bonds. The Bertz CT molecular complexity index is 1270. The fourth-order valence-electron chi connectivity index (χ4n) is 3.31. The van der Waals surface area contributed by atoms with E-state index in [9.17, 15) is 13.2 Å². The van der Waals surface area contributed by atoms with Gasteiger partial charge in [-0.05, 0) is 42.5 Å². The number of nitrogens with one attached hydrogen (secondary N) is 1. The Morgan fingerprint density at radius 2 is 1.83 bits per heavy atom. The third kappa shape index (κ3) is 5.93. The molecule has 186 valence electrons. The molecule has 13 heteroatoms. The maximum atomic E-state index is 13.0. The van der Waals surface area contributed by atoms with Crippen molar-refractivity contribution in [3.8, 4) is 23.0 Å². The molecule has 35 heavy (non-hydrogen) atoms. The first-order valence-corrected chi connectivity index (χ1v) is 13.0. The van der Waals surface area contributed by atoms with Gasteiger partial charge in [-0.3, -0.25) is 4.79 Å². The zero-order valence-electron chi connectivity index (χ0n) is 19.1. The van der Waals surface area contributed by atoms with Crippen LogP contribution in [0.5, 0.6) is 11.5 Å². The molecule has 1 aliphatic heterocycles. The lowest BCUT2D eigenvalue weighted by molar-refractivity contribution is -0.113. The highest BCUT2D eigenvalue weighted by atomic mass is 32.2. The number of anilines is 1.